The van der Waals surface area contributed by atoms with Crippen LogP contribution in [0.3, 0.4) is 0 Å². The van der Waals surface area contributed by atoms with Crippen LogP contribution in [-0.4, -0.2) is 35.4 Å². The lowest BCUT2D eigenvalue weighted by atomic mass is 9.98. The summed E-state index contributed by atoms with van der Waals surface area (Å²) in [6, 6.07) is 20.7. The lowest BCUT2D eigenvalue weighted by Gasteiger charge is -2.14. The van der Waals surface area contributed by atoms with E-state index in [1.807, 2.05) is 24.3 Å². The average molecular weight is 501 g/mol. The molecule has 0 radical (unpaired) electrons. The number of carbonyl (C=O) groups excluding carboxylic acids is 2. The maximum absolute atomic E-state index is 12.3. The van der Waals surface area contributed by atoms with Crippen molar-refractivity contribution in [3.05, 3.63) is 96.6 Å². The molecule has 0 aliphatic rings. The summed E-state index contributed by atoms with van der Waals surface area (Å²) in [7, 11) is 0. The van der Waals surface area contributed by atoms with Crippen molar-refractivity contribution in [3.8, 4) is 33.8 Å². The van der Waals surface area contributed by atoms with E-state index < -0.39 is 25.2 Å². The highest BCUT2D eigenvalue weighted by Crippen LogP contribution is 2.35. The number of aryl methyl sites for hydroxylation is 1. The molecule has 2 N–H and O–H groups in total. The Kier molecular flexibility index (Phi) is 9.95. The molecule has 3 rings (SSSR count). The van der Waals surface area contributed by atoms with E-state index >= 15 is 0 Å². The summed E-state index contributed by atoms with van der Waals surface area (Å²) in [5, 5.41) is 18.3. The largest absolute Gasteiger partial charge is 0.423 e. The van der Waals surface area contributed by atoms with Gasteiger partial charge in [-0.25, -0.2) is 9.59 Å². The Labute approximate surface area is 217 Å². The van der Waals surface area contributed by atoms with Gasteiger partial charge in [0.2, 0.25) is 0 Å². The second kappa shape index (κ2) is 13.3. The van der Waals surface area contributed by atoms with E-state index in [-0.39, 0.29) is 22.6 Å². The number of benzene rings is 3. The van der Waals surface area contributed by atoms with E-state index in [4.69, 9.17) is 14.6 Å². The van der Waals surface area contributed by atoms with Crippen LogP contribution in [-0.2, 0) is 16.0 Å². The van der Waals surface area contributed by atoms with Crippen molar-refractivity contribution >= 4 is 11.9 Å². The van der Waals surface area contributed by atoms with Crippen molar-refractivity contribution in [2.45, 2.75) is 32.6 Å². The van der Waals surface area contributed by atoms with Gasteiger partial charge in [0.05, 0.1) is 24.4 Å². The van der Waals surface area contributed by atoms with Crippen LogP contribution < -0.4 is 9.47 Å². The minimum Gasteiger partial charge on any atom is -0.423 e. The Balaban J connectivity index is 1.89. The highest BCUT2D eigenvalue weighted by molar-refractivity contribution is 5.92. The Morgan fingerprint density at radius 3 is 1.84 bits per heavy atom. The number of rotatable bonds is 12. The fraction of sp³-hybridized carbons (Fsp3) is 0.226. The number of unbranched alkanes of at least 4 members (excludes halogenated alkanes) is 2. The standard InChI is InChI=1S/C31H32O6/c1-4-5-6-7-23-8-10-24(11-9-23)25-12-14-26(15-13-25)28-18-27(36-30(34)21(2)19-32)16-17-29(28)37-31(35)22(3)20-33/h8-18,32-33H,2-7,19-20H2,1H3. The second-order valence-corrected chi connectivity index (χ2v) is 8.69. The Morgan fingerprint density at radius 2 is 1.27 bits per heavy atom. The summed E-state index contributed by atoms with van der Waals surface area (Å²) >= 11 is 0. The molecule has 0 saturated carbocycles. The van der Waals surface area contributed by atoms with Gasteiger partial charge in [0.15, 0.2) is 0 Å². The van der Waals surface area contributed by atoms with Crippen molar-refractivity contribution in [2.24, 2.45) is 0 Å². The molecule has 3 aromatic rings. The van der Waals surface area contributed by atoms with Gasteiger partial charge >= 0.3 is 11.9 Å². The first kappa shape index (κ1) is 27.6. The molecule has 37 heavy (non-hydrogen) atoms. The van der Waals surface area contributed by atoms with Gasteiger partial charge in [-0.2, -0.15) is 0 Å². The van der Waals surface area contributed by atoms with Crippen LogP contribution in [0.1, 0.15) is 31.7 Å². The van der Waals surface area contributed by atoms with E-state index in [0.29, 0.717) is 5.56 Å². The summed E-state index contributed by atoms with van der Waals surface area (Å²) in [6.45, 7) is 8.12. The topological polar surface area (TPSA) is 93.1 Å². The number of carbonyl (C=O) groups is 2. The van der Waals surface area contributed by atoms with Gasteiger partial charge in [-0.15, -0.1) is 0 Å². The van der Waals surface area contributed by atoms with Crippen molar-refractivity contribution < 1.29 is 29.3 Å². The minimum atomic E-state index is -0.766. The summed E-state index contributed by atoms with van der Waals surface area (Å²) in [5.41, 5.74) is 4.47. The van der Waals surface area contributed by atoms with Gasteiger partial charge < -0.3 is 19.7 Å². The van der Waals surface area contributed by atoms with Crippen LogP contribution in [0.2, 0.25) is 0 Å². The van der Waals surface area contributed by atoms with Crippen molar-refractivity contribution in [1.82, 2.24) is 0 Å². The first-order chi connectivity index (χ1) is 17.9. The molecule has 192 valence electrons. The lowest BCUT2D eigenvalue weighted by molar-refractivity contribution is -0.131. The predicted octanol–water partition coefficient (Wildman–Crippen LogP) is 5.66. The molecule has 0 heterocycles. The monoisotopic (exact) mass is 500 g/mol. The normalized spacial score (nSPS) is 10.6. The van der Waals surface area contributed by atoms with Crippen LogP contribution in [0.5, 0.6) is 11.5 Å². The molecule has 0 atom stereocenters. The molecule has 0 aliphatic heterocycles. The number of aliphatic hydroxyl groups is 2. The average Bonchev–Trinajstić information content (AvgIpc) is 2.93. The third kappa shape index (κ3) is 7.49. The molecule has 3 aromatic carbocycles. The maximum atomic E-state index is 12.3. The maximum Gasteiger partial charge on any atom is 0.341 e. The zero-order valence-electron chi connectivity index (χ0n) is 21.0. The number of ether oxygens (including phenoxy) is 2. The number of esters is 2. The van der Waals surface area contributed by atoms with Gasteiger partial charge in [-0.3, -0.25) is 0 Å². The molecule has 0 aliphatic carbocycles. The van der Waals surface area contributed by atoms with Crippen LogP contribution in [0.4, 0.5) is 0 Å². The van der Waals surface area contributed by atoms with E-state index in [0.717, 1.165) is 23.1 Å². The Bertz CT molecular complexity index is 1260. The predicted molar refractivity (Wildman–Crippen MR) is 144 cm³/mol. The van der Waals surface area contributed by atoms with E-state index in [1.54, 1.807) is 6.07 Å². The molecule has 0 unspecified atom stereocenters. The summed E-state index contributed by atoms with van der Waals surface area (Å²) in [5.74, 6) is -1.12. The molecule has 0 aromatic heterocycles. The van der Waals surface area contributed by atoms with E-state index in [9.17, 15) is 14.7 Å². The van der Waals surface area contributed by atoms with E-state index in [2.05, 4.69) is 44.3 Å². The molecule has 0 saturated heterocycles. The molecule has 0 fully saturated rings. The smallest absolute Gasteiger partial charge is 0.341 e. The zero-order valence-corrected chi connectivity index (χ0v) is 21.0. The number of aliphatic hydroxyl groups excluding tert-OH is 2. The zero-order chi connectivity index (χ0) is 26.8. The highest BCUT2D eigenvalue weighted by Gasteiger charge is 2.17. The van der Waals surface area contributed by atoms with Gasteiger partial charge in [-0.05, 0) is 53.3 Å². The SMILES string of the molecule is C=C(CO)C(=O)Oc1ccc(OC(=O)C(=C)CO)c(-c2ccc(-c3ccc(CCCCC)cc3)cc2)c1. The van der Waals surface area contributed by atoms with Crippen molar-refractivity contribution in [3.63, 3.8) is 0 Å². The van der Waals surface area contributed by atoms with Gasteiger partial charge in [0, 0.05) is 5.56 Å². The fourth-order valence-electron chi connectivity index (χ4n) is 3.65. The summed E-state index contributed by atoms with van der Waals surface area (Å²) < 4.78 is 10.8. The molecular weight excluding hydrogens is 468 g/mol. The van der Waals surface area contributed by atoms with Crippen LogP contribution >= 0.6 is 0 Å². The molecule has 0 spiro atoms. The fourth-order valence-corrected chi connectivity index (χ4v) is 3.65. The highest BCUT2D eigenvalue weighted by atomic mass is 16.5. The Morgan fingerprint density at radius 1 is 0.730 bits per heavy atom. The first-order valence-electron chi connectivity index (χ1n) is 12.2. The third-order valence-corrected chi connectivity index (χ3v) is 5.88. The quantitative estimate of drug-likeness (QED) is 0.144. The summed E-state index contributed by atoms with van der Waals surface area (Å²) in [6.07, 6.45) is 4.69. The lowest BCUT2D eigenvalue weighted by Crippen LogP contribution is -2.14. The third-order valence-electron chi connectivity index (χ3n) is 5.88. The first-order valence-corrected chi connectivity index (χ1v) is 12.2. The van der Waals surface area contributed by atoms with Crippen LogP contribution in [0, 0.1) is 0 Å². The van der Waals surface area contributed by atoms with Crippen LogP contribution in [0.25, 0.3) is 22.3 Å². The second-order valence-electron chi connectivity index (χ2n) is 8.69. The number of hydrogen-bond acceptors (Lipinski definition) is 6. The van der Waals surface area contributed by atoms with Crippen molar-refractivity contribution in [2.75, 3.05) is 13.2 Å². The Hall–Kier alpha value is -4.00. The molecular formula is C31H32O6. The minimum absolute atomic E-state index is 0.0861. The van der Waals surface area contributed by atoms with Crippen molar-refractivity contribution in [1.29, 1.82) is 0 Å². The molecule has 0 amide bonds. The molecule has 6 nitrogen and oxygen atoms in total. The molecule has 0 bridgehead atoms. The van der Waals surface area contributed by atoms with Gasteiger partial charge in [-0.1, -0.05) is 81.5 Å². The van der Waals surface area contributed by atoms with Gasteiger partial charge in [0.25, 0.3) is 0 Å². The number of hydrogen-bond donors (Lipinski definition) is 2. The van der Waals surface area contributed by atoms with Crippen LogP contribution in [0.15, 0.2) is 91.0 Å². The summed E-state index contributed by atoms with van der Waals surface area (Å²) in [4.78, 5) is 24.3. The van der Waals surface area contributed by atoms with E-state index in [1.165, 1.54) is 37.0 Å². The molecule has 6 heteroatoms. The van der Waals surface area contributed by atoms with Gasteiger partial charge in [0.1, 0.15) is 11.5 Å².